The highest BCUT2D eigenvalue weighted by molar-refractivity contribution is 7.20. The molecule has 0 fully saturated rings. The first-order valence-corrected chi connectivity index (χ1v) is 7.76. The molecule has 23 heavy (non-hydrogen) atoms. The molecular formula is C14H18F2N4O2S. The normalized spacial score (nSPS) is 11.4. The number of hydrogen-bond donors (Lipinski definition) is 1. The highest BCUT2D eigenvalue weighted by atomic mass is 32.1. The number of aryl methyl sites for hydroxylation is 2. The summed E-state index contributed by atoms with van der Waals surface area (Å²) in [5.74, 6) is 0.316. The average Bonchev–Trinajstić information content (AvgIpc) is 2.79. The van der Waals surface area contributed by atoms with Gasteiger partial charge in [0.15, 0.2) is 0 Å². The van der Waals surface area contributed by atoms with Crippen LogP contribution in [0.1, 0.15) is 21.1 Å². The fourth-order valence-corrected chi connectivity index (χ4v) is 3.47. The molecule has 0 aliphatic rings. The van der Waals surface area contributed by atoms with Crippen molar-refractivity contribution in [3.63, 3.8) is 0 Å². The second-order valence-electron chi connectivity index (χ2n) is 5.03. The van der Waals surface area contributed by atoms with Gasteiger partial charge in [-0.2, -0.15) is 0 Å². The first-order valence-electron chi connectivity index (χ1n) is 6.94. The van der Waals surface area contributed by atoms with E-state index in [4.69, 9.17) is 10.5 Å². The smallest absolute Gasteiger partial charge is 0.264 e. The lowest BCUT2D eigenvalue weighted by Crippen LogP contribution is -2.37. The summed E-state index contributed by atoms with van der Waals surface area (Å²) in [5, 5.41) is 0.604. The minimum Gasteiger partial charge on any atom is -0.383 e. The van der Waals surface area contributed by atoms with Gasteiger partial charge in [0.2, 0.25) is 0 Å². The van der Waals surface area contributed by atoms with Crippen LogP contribution in [0.25, 0.3) is 10.2 Å². The number of alkyl halides is 2. The fourth-order valence-electron chi connectivity index (χ4n) is 2.27. The van der Waals surface area contributed by atoms with Gasteiger partial charge in [0, 0.05) is 13.7 Å². The number of ether oxygens (including phenoxy) is 1. The van der Waals surface area contributed by atoms with Gasteiger partial charge in [0.05, 0.1) is 23.4 Å². The predicted octanol–water partition coefficient (Wildman–Crippen LogP) is 2.24. The maximum absolute atomic E-state index is 12.7. The molecule has 1 amide bonds. The van der Waals surface area contributed by atoms with Crippen LogP contribution in [0.2, 0.25) is 0 Å². The number of halogens is 2. The van der Waals surface area contributed by atoms with Gasteiger partial charge in [0.25, 0.3) is 12.3 Å². The molecule has 2 N–H and O–H groups in total. The monoisotopic (exact) mass is 344 g/mol. The van der Waals surface area contributed by atoms with Crippen molar-refractivity contribution in [2.24, 2.45) is 0 Å². The molecule has 0 radical (unpaired) electrons. The zero-order chi connectivity index (χ0) is 17.1. The van der Waals surface area contributed by atoms with Crippen molar-refractivity contribution < 1.29 is 18.3 Å². The molecule has 9 heteroatoms. The Morgan fingerprint density at radius 2 is 2.09 bits per heavy atom. The van der Waals surface area contributed by atoms with Crippen LogP contribution in [0.4, 0.5) is 14.6 Å². The summed E-state index contributed by atoms with van der Waals surface area (Å²) < 4.78 is 30.4. The molecule has 0 aromatic carbocycles. The van der Waals surface area contributed by atoms with Crippen molar-refractivity contribution in [1.29, 1.82) is 0 Å². The topological polar surface area (TPSA) is 81.3 Å². The summed E-state index contributed by atoms with van der Waals surface area (Å²) in [5.41, 5.74) is 6.51. The van der Waals surface area contributed by atoms with E-state index < -0.39 is 18.9 Å². The van der Waals surface area contributed by atoms with Crippen LogP contribution in [-0.2, 0) is 4.74 Å². The van der Waals surface area contributed by atoms with Gasteiger partial charge in [-0.1, -0.05) is 0 Å². The van der Waals surface area contributed by atoms with E-state index in [1.165, 1.54) is 7.11 Å². The van der Waals surface area contributed by atoms with Crippen LogP contribution < -0.4 is 5.73 Å². The van der Waals surface area contributed by atoms with E-state index in [1.807, 2.05) is 0 Å². The van der Waals surface area contributed by atoms with E-state index in [9.17, 15) is 13.6 Å². The Morgan fingerprint density at radius 3 is 2.70 bits per heavy atom. The zero-order valence-electron chi connectivity index (χ0n) is 13.1. The SMILES string of the molecule is COCCN(CC(F)F)C(=O)c1sc2nc(C)nc(N)c2c1C. The van der Waals surface area contributed by atoms with Gasteiger partial charge in [-0.05, 0) is 19.4 Å². The van der Waals surface area contributed by atoms with Crippen molar-refractivity contribution in [3.05, 3.63) is 16.3 Å². The summed E-state index contributed by atoms with van der Waals surface area (Å²) in [4.78, 5) is 23.0. The Morgan fingerprint density at radius 1 is 1.39 bits per heavy atom. The van der Waals surface area contributed by atoms with E-state index in [-0.39, 0.29) is 19.0 Å². The van der Waals surface area contributed by atoms with Crippen LogP contribution in [0.3, 0.4) is 0 Å². The van der Waals surface area contributed by atoms with Crippen molar-refractivity contribution in [2.45, 2.75) is 20.3 Å². The Kier molecular flexibility index (Phi) is 5.42. The standard InChI is InChI=1S/C14H18F2N4O2S/c1-7-10-12(17)18-8(2)19-13(10)23-11(7)14(21)20(4-5-22-3)6-9(15)16/h9H,4-6H2,1-3H3,(H2,17,18,19). The first kappa shape index (κ1) is 17.5. The van der Waals surface area contributed by atoms with Crippen LogP contribution in [0.15, 0.2) is 0 Å². The number of rotatable bonds is 6. The molecule has 2 rings (SSSR count). The molecule has 0 bridgehead atoms. The van der Waals surface area contributed by atoms with Crippen LogP contribution >= 0.6 is 11.3 Å². The van der Waals surface area contributed by atoms with E-state index in [0.29, 0.717) is 26.5 Å². The van der Waals surface area contributed by atoms with Gasteiger partial charge in [-0.15, -0.1) is 11.3 Å². The maximum atomic E-state index is 12.7. The number of nitrogen functional groups attached to an aromatic ring is 1. The molecule has 0 aliphatic carbocycles. The number of carbonyl (C=O) groups excluding carboxylic acids is 1. The largest absolute Gasteiger partial charge is 0.383 e. The first-order chi connectivity index (χ1) is 10.8. The lowest BCUT2D eigenvalue weighted by Gasteiger charge is -2.21. The van der Waals surface area contributed by atoms with Gasteiger partial charge in [-0.25, -0.2) is 18.7 Å². The van der Waals surface area contributed by atoms with E-state index in [2.05, 4.69) is 9.97 Å². The average molecular weight is 344 g/mol. The number of aromatic nitrogens is 2. The fraction of sp³-hybridized carbons (Fsp3) is 0.500. The third-order valence-corrected chi connectivity index (χ3v) is 4.51. The predicted molar refractivity (Wildman–Crippen MR) is 85.1 cm³/mol. The number of methoxy groups -OCH3 is 1. The lowest BCUT2D eigenvalue weighted by molar-refractivity contribution is 0.0481. The lowest BCUT2D eigenvalue weighted by atomic mass is 10.2. The molecule has 126 valence electrons. The molecular weight excluding hydrogens is 326 g/mol. The number of thiophene rings is 1. The summed E-state index contributed by atoms with van der Waals surface area (Å²) in [7, 11) is 1.45. The number of hydrogen-bond acceptors (Lipinski definition) is 6. The molecule has 0 aliphatic heterocycles. The maximum Gasteiger partial charge on any atom is 0.264 e. The summed E-state index contributed by atoms with van der Waals surface area (Å²) in [6.07, 6.45) is -2.61. The molecule has 0 unspecified atom stereocenters. The number of carbonyl (C=O) groups is 1. The second-order valence-corrected chi connectivity index (χ2v) is 6.03. The Labute approximate surface area is 136 Å². The Balaban J connectivity index is 2.42. The Hall–Kier alpha value is -1.87. The van der Waals surface area contributed by atoms with Gasteiger partial charge in [0.1, 0.15) is 16.5 Å². The van der Waals surface area contributed by atoms with Crippen molar-refractivity contribution in [2.75, 3.05) is 32.5 Å². The summed E-state index contributed by atoms with van der Waals surface area (Å²) in [6.45, 7) is 3.05. The zero-order valence-corrected chi connectivity index (χ0v) is 13.9. The molecule has 0 saturated heterocycles. The highest BCUT2D eigenvalue weighted by Gasteiger charge is 2.25. The van der Waals surface area contributed by atoms with Gasteiger partial charge in [-0.3, -0.25) is 4.79 Å². The van der Waals surface area contributed by atoms with Gasteiger partial charge >= 0.3 is 0 Å². The summed E-state index contributed by atoms with van der Waals surface area (Å²) in [6, 6.07) is 0. The highest BCUT2D eigenvalue weighted by Crippen LogP contribution is 2.33. The van der Waals surface area contributed by atoms with Crippen LogP contribution in [0.5, 0.6) is 0 Å². The molecule has 6 nitrogen and oxygen atoms in total. The minimum atomic E-state index is -2.61. The number of amides is 1. The number of nitrogens with two attached hydrogens (primary N) is 1. The van der Waals surface area contributed by atoms with Crippen LogP contribution in [0, 0.1) is 13.8 Å². The molecule has 2 aromatic rings. The third-order valence-electron chi connectivity index (χ3n) is 3.34. The number of nitrogens with zero attached hydrogens (tertiary/aromatic N) is 3. The second kappa shape index (κ2) is 7.14. The third kappa shape index (κ3) is 3.73. The van der Waals surface area contributed by atoms with Crippen molar-refractivity contribution in [3.8, 4) is 0 Å². The quantitative estimate of drug-likeness (QED) is 0.869. The number of anilines is 1. The Bertz CT molecular complexity index is 720. The van der Waals surface area contributed by atoms with E-state index >= 15 is 0 Å². The van der Waals surface area contributed by atoms with Crippen LogP contribution in [-0.4, -0.2) is 54.0 Å². The molecule has 2 aromatic heterocycles. The molecule has 2 heterocycles. The van der Waals surface area contributed by atoms with E-state index in [1.54, 1.807) is 13.8 Å². The minimum absolute atomic E-state index is 0.0908. The molecule has 0 saturated carbocycles. The van der Waals surface area contributed by atoms with Gasteiger partial charge < -0.3 is 15.4 Å². The number of fused-ring (bicyclic) bond motifs is 1. The molecule has 0 atom stereocenters. The van der Waals surface area contributed by atoms with Crippen molar-refractivity contribution in [1.82, 2.24) is 14.9 Å². The molecule has 0 spiro atoms. The summed E-state index contributed by atoms with van der Waals surface area (Å²) >= 11 is 1.14. The van der Waals surface area contributed by atoms with Crippen molar-refractivity contribution >= 4 is 33.3 Å². The van der Waals surface area contributed by atoms with E-state index in [0.717, 1.165) is 16.2 Å².